The molecule has 2 aromatic heterocycles. The number of carbonyl (C=O) groups is 1. The number of benzene rings is 1. The van der Waals surface area contributed by atoms with Gasteiger partial charge in [-0.2, -0.15) is 0 Å². The van der Waals surface area contributed by atoms with Gasteiger partial charge in [0.1, 0.15) is 10.0 Å². The van der Waals surface area contributed by atoms with Gasteiger partial charge in [0, 0.05) is 25.1 Å². The molecule has 32 heavy (non-hydrogen) atoms. The largest absolute Gasteiger partial charge is 0.329 e. The second-order valence-electron chi connectivity index (χ2n) is 7.25. The second kappa shape index (κ2) is 10.4. The molecule has 174 valence electrons. The van der Waals surface area contributed by atoms with Crippen LogP contribution in [-0.4, -0.2) is 50.4 Å². The van der Waals surface area contributed by atoms with E-state index in [-0.39, 0.29) is 34.1 Å². The van der Waals surface area contributed by atoms with E-state index in [1.807, 2.05) is 0 Å². The Morgan fingerprint density at radius 2 is 2.06 bits per heavy atom. The number of hydrogen-bond acceptors (Lipinski definition) is 8. The highest BCUT2D eigenvalue weighted by atomic mass is 35.5. The van der Waals surface area contributed by atoms with Crippen molar-refractivity contribution in [3.63, 3.8) is 0 Å². The van der Waals surface area contributed by atoms with Gasteiger partial charge in [0.05, 0.1) is 15.9 Å². The van der Waals surface area contributed by atoms with E-state index in [4.69, 9.17) is 5.73 Å². The van der Waals surface area contributed by atoms with Crippen molar-refractivity contribution in [2.24, 2.45) is 11.7 Å². The van der Waals surface area contributed by atoms with Crippen LogP contribution in [0.15, 0.2) is 33.9 Å². The van der Waals surface area contributed by atoms with E-state index in [2.05, 4.69) is 19.9 Å². The molecular weight excluding hydrogens is 497 g/mol. The molecule has 0 atom stereocenters. The summed E-state index contributed by atoms with van der Waals surface area (Å²) in [6, 6.07) is 5.62. The zero-order valence-corrected chi connectivity index (χ0v) is 20.2. The molecule has 0 radical (unpaired) electrons. The number of halogens is 2. The molecule has 0 spiro atoms. The van der Waals surface area contributed by atoms with Gasteiger partial charge in [-0.3, -0.25) is 9.52 Å². The van der Waals surface area contributed by atoms with Crippen molar-refractivity contribution in [2.45, 2.75) is 17.1 Å². The maximum absolute atomic E-state index is 14.5. The van der Waals surface area contributed by atoms with Gasteiger partial charge in [0.2, 0.25) is 5.91 Å². The fraction of sp³-hybridized carbons (Fsp3) is 0.368. The van der Waals surface area contributed by atoms with Gasteiger partial charge in [-0.1, -0.05) is 17.4 Å². The highest BCUT2D eigenvalue weighted by molar-refractivity contribution is 7.94. The second-order valence-corrected chi connectivity index (χ2v) is 11.1. The summed E-state index contributed by atoms with van der Waals surface area (Å²) in [6.07, 6.45) is 1.50. The summed E-state index contributed by atoms with van der Waals surface area (Å²) in [5.74, 6) is -0.945. The Kier molecular flexibility index (Phi) is 8.06. The van der Waals surface area contributed by atoms with Crippen molar-refractivity contribution in [3.05, 3.63) is 35.5 Å². The van der Waals surface area contributed by atoms with Crippen molar-refractivity contribution in [1.82, 2.24) is 9.88 Å². The van der Waals surface area contributed by atoms with Crippen molar-refractivity contribution < 1.29 is 17.6 Å². The lowest BCUT2D eigenvalue weighted by Gasteiger charge is -2.30. The molecule has 1 aromatic carbocycles. The first-order chi connectivity index (χ1) is 14.9. The van der Waals surface area contributed by atoms with E-state index in [1.54, 1.807) is 11.4 Å². The summed E-state index contributed by atoms with van der Waals surface area (Å²) in [6.45, 7) is 3.09. The van der Waals surface area contributed by atoms with Crippen molar-refractivity contribution in [1.29, 1.82) is 0 Å². The first kappa shape index (κ1) is 24.8. The van der Waals surface area contributed by atoms with Crippen molar-refractivity contribution >= 4 is 72.0 Å². The van der Waals surface area contributed by atoms with Crippen LogP contribution in [0.4, 0.5) is 15.2 Å². The van der Waals surface area contributed by atoms with E-state index in [9.17, 15) is 17.6 Å². The minimum atomic E-state index is -3.87. The molecule has 0 bridgehead atoms. The summed E-state index contributed by atoms with van der Waals surface area (Å²) >= 11 is 2.22. The molecule has 3 heterocycles. The van der Waals surface area contributed by atoms with Gasteiger partial charge in [0.15, 0.2) is 5.13 Å². The first-order valence-electron chi connectivity index (χ1n) is 9.75. The van der Waals surface area contributed by atoms with Gasteiger partial charge >= 0.3 is 0 Å². The van der Waals surface area contributed by atoms with Crippen LogP contribution in [0.3, 0.4) is 0 Å². The molecule has 4 N–H and O–H groups in total. The molecule has 13 heteroatoms. The Morgan fingerprint density at radius 1 is 1.31 bits per heavy atom. The lowest BCUT2D eigenvalue weighted by atomic mass is 9.96. The number of thiazole rings is 1. The van der Waals surface area contributed by atoms with Crippen LogP contribution in [0, 0.1) is 11.7 Å². The van der Waals surface area contributed by atoms with Crippen LogP contribution in [0.2, 0.25) is 0 Å². The zero-order valence-electron chi connectivity index (χ0n) is 16.9. The molecule has 0 saturated carbocycles. The molecule has 1 aliphatic heterocycles. The van der Waals surface area contributed by atoms with Crippen molar-refractivity contribution in [3.8, 4) is 0 Å². The number of thiophene rings is 1. The molecule has 0 aliphatic carbocycles. The fourth-order valence-corrected chi connectivity index (χ4v) is 6.44. The SMILES string of the molecule is Cl.NCCN1CCC(C(=O)Nc2nc3cc(F)c(NS(=O)(=O)c4cccs4)cc3s2)CC1. The summed E-state index contributed by atoms with van der Waals surface area (Å²) in [5.41, 5.74) is 5.78. The normalized spacial score (nSPS) is 15.4. The van der Waals surface area contributed by atoms with Crippen LogP contribution < -0.4 is 15.8 Å². The minimum Gasteiger partial charge on any atom is -0.329 e. The number of amides is 1. The van der Waals surface area contributed by atoms with Crippen LogP contribution in [0.25, 0.3) is 10.2 Å². The Bertz CT molecular complexity index is 1180. The first-order valence-corrected chi connectivity index (χ1v) is 12.9. The highest BCUT2D eigenvalue weighted by Gasteiger charge is 2.25. The van der Waals surface area contributed by atoms with E-state index >= 15 is 0 Å². The molecule has 0 unspecified atom stereocenters. The number of rotatable bonds is 7. The molecular formula is C19H23ClFN5O3S3. The van der Waals surface area contributed by atoms with Crippen molar-refractivity contribution in [2.75, 3.05) is 36.2 Å². The zero-order chi connectivity index (χ0) is 22.0. The van der Waals surface area contributed by atoms with Crippen LogP contribution in [0.1, 0.15) is 12.8 Å². The Morgan fingerprint density at radius 3 is 2.72 bits per heavy atom. The number of hydrogen-bond donors (Lipinski definition) is 3. The third-order valence-corrected chi connectivity index (χ3v) is 8.81. The third kappa shape index (κ3) is 5.56. The fourth-order valence-electron chi connectivity index (χ4n) is 3.50. The third-order valence-electron chi connectivity index (χ3n) is 5.12. The Balaban J connectivity index is 0.00000289. The van der Waals surface area contributed by atoms with Gasteiger partial charge in [0.25, 0.3) is 10.0 Å². The van der Waals surface area contributed by atoms with Crippen LogP contribution >= 0.6 is 35.1 Å². The topological polar surface area (TPSA) is 117 Å². The molecule has 3 aromatic rings. The van der Waals surface area contributed by atoms with Gasteiger partial charge < -0.3 is 16.0 Å². The van der Waals surface area contributed by atoms with E-state index in [0.717, 1.165) is 43.8 Å². The number of sulfonamides is 1. The number of aromatic nitrogens is 1. The maximum atomic E-state index is 14.5. The Labute approximate surface area is 199 Å². The van der Waals surface area contributed by atoms with Gasteiger partial charge in [-0.05, 0) is 43.4 Å². The lowest BCUT2D eigenvalue weighted by molar-refractivity contribution is -0.121. The van der Waals surface area contributed by atoms with Crippen LogP contribution in [0.5, 0.6) is 0 Å². The maximum Gasteiger partial charge on any atom is 0.271 e. The molecule has 1 saturated heterocycles. The monoisotopic (exact) mass is 519 g/mol. The standard InChI is InChI=1S/C19H22FN5O3S3.ClH/c20-13-10-15-16(11-14(13)24-31(27,28)17-2-1-9-29-17)30-19(22-15)23-18(26)12-3-6-25(7-4-12)8-5-21;/h1-2,9-12,24H,3-8,21H2,(H,22,23,26);1H. The van der Waals surface area contributed by atoms with E-state index in [1.165, 1.54) is 29.5 Å². The number of nitrogens with zero attached hydrogens (tertiary/aromatic N) is 2. The average molecular weight is 520 g/mol. The lowest BCUT2D eigenvalue weighted by Crippen LogP contribution is -2.40. The van der Waals surface area contributed by atoms with E-state index < -0.39 is 15.8 Å². The van der Waals surface area contributed by atoms with Gasteiger partial charge in [-0.15, -0.1) is 23.7 Å². The molecule has 1 fully saturated rings. The van der Waals surface area contributed by atoms with Gasteiger partial charge in [-0.25, -0.2) is 17.8 Å². The molecule has 4 rings (SSSR count). The summed E-state index contributed by atoms with van der Waals surface area (Å²) in [7, 11) is -3.87. The number of likely N-dealkylation sites (tertiary alicyclic amines) is 1. The van der Waals surface area contributed by atoms with Crippen LogP contribution in [-0.2, 0) is 14.8 Å². The smallest absolute Gasteiger partial charge is 0.271 e. The predicted molar refractivity (Wildman–Crippen MR) is 129 cm³/mol. The number of fused-ring (bicyclic) bond motifs is 1. The quantitative estimate of drug-likeness (QED) is 0.441. The number of nitrogens with one attached hydrogen (secondary N) is 2. The average Bonchev–Trinajstić information content (AvgIpc) is 3.39. The summed E-state index contributed by atoms with van der Waals surface area (Å²) in [4.78, 5) is 19.1. The number of nitrogens with two attached hydrogens (primary N) is 1. The molecule has 8 nitrogen and oxygen atoms in total. The molecule has 1 amide bonds. The highest BCUT2D eigenvalue weighted by Crippen LogP contribution is 2.32. The minimum absolute atomic E-state index is 0. The number of anilines is 2. The summed E-state index contributed by atoms with van der Waals surface area (Å²) in [5, 5.41) is 4.82. The van der Waals surface area contributed by atoms with E-state index in [0.29, 0.717) is 21.9 Å². The predicted octanol–water partition coefficient (Wildman–Crippen LogP) is 3.33. The number of piperidine rings is 1. The molecule has 1 aliphatic rings. The summed E-state index contributed by atoms with van der Waals surface area (Å²) < 4.78 is 42.2. The number of carbonyl (C=O) groups excluding carboxylic acids is 1. The Hall–Kier alpha value is -1.83.